The Bertz CT molecular complexity index is 799. The second-order valence-corrected chi connectivity index (χ2v) is 7.54. The van der Waals surface area contributed by atoms with Gasteiger partial charge in [0.05, 0.1) is 13.2 Å². The number of morpholine rings is 1. The molecule has 0 radical (unpaired) electrons. The van der Waals surface area contributed by atoms with Crippen LogP contribution in [0.4, 0.5) is 0 Å². The number of nitrogens with zero attached hydrogens (tertiary/aromatic N) is 1. The lowest BCUT2D eigenvalue weighted by atomic mass is 10.0. The van der Waals surface area contributed by atoms with Gasteiger partial charge in [0.15, 0.2) is 0 Å². The fourth-order valence-corrected chi connectivity index (χ4v) is 3.41. The van der Waals surface area contributed by atoms with Crippen molar-refractivity contribution in [2.45, 2.75) is 26.3 Å². The molecule has 1 aliphatic heterocycles. The number of benzene rings is 2. The molecule has 0 aromatic heterocycles. The van der Waals surface area contributed by atoms with E-state index in [-0.39, 0.29) is 11.8 Å². The summed E-state index contributed by atoms with van der Waals surface area (Å²) in [5.41, 5.74) is 2.60. The Morgan fingerprint density at radius 3 is 2.36 bits per heavy atom. The topological polar surface area (TPSA) is 58.6 Å². The summed E-state index contributed by atoms with van der Waals surface area (Å²) >= 11 is 0. The Kier molecular flexibility index (Phi) is 6.82. The van der Waals surface area contributed by atoms with Crippen molar-refractivity contribution in [2.75, 3.05) is 26.3 Å². The van der Waals surface area contributed by atoms with Gasteiger partial charge in [0.25, 0.3) is 5.91 Å². The van der Waals surface area contributed by atoms with Crippen LogP contribution in [0.3, 0.4) is 0 Å². The van der Waals surface area contributed by atoms with Gasteiger partial charge in [-0.25, -0.2) is 0 Å². The number of amides is 2. The van der Waals surface area contributed by atoms with E-state index in [4.69, 9.17) is 4.74 Å². The molecule has 1 N–H and O–H groups in total. The summed E-state index contributed by atoms with van der Waals surface area (Å²) in [4.78, 5) is 27.6. The number of carbonyl (C=O) groups is 2. The highest BCUT2D eigenvalue weighted by Gasteiger charge is 2.28. The molecule has 1 saturated heterocycles. The molecular weight excluding hydrogens is 352 g/mol. The maximum Gasteiger partial charge on any atom is 0.251 e. The standard InChI is InChI=1S/C23H28N2O3/c1-17(2)15-21(23(27)25-11-13-28-14-12-25)24-22(26)20-10-6-9-19(16-20)18-7-4-3-5-8-18/h3-10,16-17,21H,11-15H2,1-2H3,(H,24,26)/t21-/m0/s1. The van der Waals surface area contributed by atoms with E-state index in [0.29, 0.717) is 44.2 Å². The molecule has 0 spiro atoms. The lowest BCUT2D eigenvalue weighted by Gasteiger charge is -2.31. The molecule has 0 unspecified atom stereocenters. The first-order valence-electron chi connectivity index (χ1n) is 9.87. The summed E-state index contributed by atoms with van der Waals surface area (Å²) in [5.74, 6) is 0.0561. The van der Waals surface area contributed by atoms with Crippen LogP contribution >= 0.6 is 0 Å². The lowest BCUT2D eigenvalue weighted by Crippen LogP contribution is -2.52. The molecule has 0 bridgehead atoms. The van der Waals surface area contributed by atoms with E-state index in [1.807, 2.05) is 48.5 Å². The normalized spacial score (nSPS) is 15.3. The third-order valence-electron chi connectivity index (χ3n) is 4.87. The van der Waals surface area contributed by atoms with Crippen LogP contribution in [-0.2, 0) is 9.53 Å². The Morgan fingerprint density at radius 1 is 1.00 bits per heavy atom. The third kappa shape index (κ3) is 5.20. The summed E-state index contributed by atoms with van der Waals surface area (Å²) in [6, 6.07) is 16.9. The van der Waals surface area contributed by atoms with Gasteiger partial charge < -0.3 is 15.0 Å². The molecule has 0 saturated carbocycles. The number of carbonyl (C=O) groups excluding carboxylic acids is 2. The van der Waals surface area contributed by atoms with Crippen molar-refractivity contribution in [2.24, 2.45) is 5.92 Å². The Morgan fingerprint density at radius 2 is 1.68 bits per heavy atom. The fourth-order valence-electron chi connectivity index (χ4n) is 3.41. The minimum Gasteiger partial charge on any atom is -0.378 e. The Balaban J connectivity index is 1.75. The highest BCUT2D eigenvalue weighted by atomic mass is 16.5. The van der Waals surface area contributed by atoms with Gasteiger partial charge in [0.1, 0.15) is 6.04 Å². The van der Waals surface area contributed by atoms with E-state index in [1.165, 1.54) is 0 Å². The van der Waals surface area contributed by atoms with Crippen LogP contribution in [0, 0.1) is 5.92 Å². The molecule has 2 aromatic carbocycles. The van der Waals surface area contributed by atoms with Gasteiger partial charge in [-0.1, -0.05) is 56.3 Å². The van der Waals surface area contributed by atoms with Gasteiger partial charge in [-0.05, 0) is 35.6 Å². The monoisotopic (exact) mass is 380 g/mol. The smallest absolute Gasteiger partial charge is 0.251 e. The van der Waals surface area contributed by atoms with E-state index in [9.17, 15) is 9.59 Å². The van der Waals surface area contributed by atoms with Crippen molar-refractivity contribution in [1.29, 1.82) is 0 Å². The number of ether oxygens (including phenoxy) is 1. The van der Waals surface area contributed by atoms with Crippen LogP contribution in [-0.4, -0.2) is 49.1 Å². The summed E-state index contributed by atoms with van der Waals surface area (Å²) < 4.78 is 5.34. The van der Waals surface area contributed by atoms with Crippen LogP contribution < -0.4 is 5.32 Å². The fraction of sp³-hybridized carbons (Fsp3) is 0.391. The van der Waals surface area contributed by atoms with Crippen molar-refractivity contribution in [3.63, 3.8) is 0 Å². The van der Waals surface area contributed by atoms with Crippen LogP contribution in [0.15, 0.2) is 54.6 Å². The molecule has 5 nitrogen and oxygen atoms in total. The third-order valence-corrected chi connectivity index (χ3v) is 4.87. The molecule has 1 atom stereocenters. The summed E-state index contributed by atoms with van der Waals surface area (Å²) in [7, 11) is 0. The molecule has 2 amide bonds. The van der Waals surface area contributed by atoms with Crippen LogP contribution in [0.5, 0.6) is 0 Å². The zero-order valence-corrected chi connectivity index (χ0v) is 16.6. The number of rotatable bonds is 6. The molecule has 1 aliphatic rings. The lowest BCUT2D eigenvalue weighted by molar-refractivity contribution is -0.137. The molecular formula is C23H28N2O3. The van der Waals surface area contributed by atoms with Crippen molar-refractivity contribution in [3.8, 4) is 11.1 Å². The van der Waals surface area contributed by atoms with E-state index in [2.05, 4.69) is 19.2 Å². The zero-order valence-electron chi connectivity index (χ0n) is 16.6. The van der Waals surface area contributed by atoms with Gasteiger partial charge >= 0.3 is 0 Å². The first kappa shape index (κ1) is 20.1. The van der Waals surface area contributed by atoms with Gasteiger partial charge in [-0.2, -0.15) is 0 Å². The number of hydrogen-bond acceptors (Lipinski definition) is 3. The highest BCUT2D eigenvalue weighted by Crippen LogP contribution is 2.20. The minimum atomic E-state index is -0.522. The molecule has 3 rings (SSSR count). The van der Waals surface area contributed by atoms with Gasteiger partial charge in [-0.15, -0.1) is 0 Å². The van der Waals surface area contributed by atoms with Gasteiger partial charge in [0.2, 0.25) is 5.91 Å². The van der Waals surface area contributed by atoms with E-state index < -0.39 is 6.04 Å². The average Bonchev–Trinajstić information content (AvgIpc) is 2.73. The SMILES string of the molecule is CC(C)C[C@H](NC(=O)c1cccc(-c2ccccc2)c1)C(=O)N1CCOCC1. The summed E-state index contributed by atoms with van der Waals surface area (Å²) in [6.07, 6.45) is 0.611. The quantitative estimate of drug-likeness (QED) is 0.836. The molecule has 1 fully saturated rings. The highest BCUT2D eigenvalue weighted by molar-refractivity contribution is 5.98. The van der Waals surface area contributed by atoms with Crippen molar-refractivity contribution in [3.05, 3.63) is 60.2 Å². The predicted molar refractivity (Wildman–Crippen MR) is 110 cm³/mol. The van der Waals surface area contributed by atoms with Crippen molar-refractivity contribution >= 4 is 11.8 Å². The van der Waals surface area contributed by atoms with Crippen LogP contribution in [0.1, 0.15) is 30.6 Å². The maximum absolute atomic E-state index is 12.9. The molecule has 5 heteroatoms. The molecule has 28 heavy (non-hydrogen) atoms. The van der Waals surface area contributed by atoms with Gasteiger partial charge in [0, 0.05) is 18.7 Å². The molecule has 2 aromatic rings. The average molecular weight is 380 g/mol. The van der Waals surface area contributed by atoms with Crippen LogP contribution in [0.25, 0.3) is 11.1 Å². The summed E-state index contributed by atoms with van der Waals surface area (Å²) in [6.45, 7) is 6.36. The Labute approximate surface area is 166 Å². The van der Waals surface area contributed by atoms with E-state index >= 15 is 0 Å². The zero-order chi connectivity index (χ0) is 19.9. The molecule has 1 heterocycles. The van der Waals surface area contributed by atoms with Crippen LogP contribution in [0.2, 0.25) is 0 Å². The molecule has 0 aliphatic carbocycles. The Hall–Kier alpha value is -2.66. The number of nitrogens with one attached hydrogen (secondary N) is 1. The minimum absolute atomic E-state index is 0.0236. The van der Waals surface area contributed by atoms with Crippen molar-refractivity contribution in [1.82, 2.24) is 10.2 Å². The van der Waals surface area contributed by atoms with E-state index in [1.54, 1.807) is 11.0 Å². The first-order chi connectivity index (χ1) is 13.5. The molecule has 148 valence electrons. The number of hydrogen-bond donors (Lipinski definition) is 1. The van der Waals surface area contributed by atoms with Gasteiger partial charge in [-0.3, -0.25) is 9.59 Å². The largest absolute Gasteiger partial charge is 0.378 e. The first-order valence-corrected chi connectivity index (χ1v) is 9.87. The maximum atomic E-state index is 12.9. The second-order valence-electron chi connectivity index (χ2n) is 7.54. The van der Waals surface area contributed by atoms with E-state index in [0.717, 1.165) is 11.1 Å². The van der Waals surface area contributed by atoms with Crippen molar-refractivity contribution < 1.29 is 14.3 Å². The summed E-state index contributed by atoms with van der Waals surface area (Å²) in [5, 5.41) is 2.97. The second kappa shape index (κ2) is 9.51. The predicted octanol–water partition coefficient (Wildman–Crippen LogP) is 3.36.